The monoisotopic (exact) mass is 369 g/mol. The van der Waals surface area contributed by atoms with Crippen molar-refractivity contribution in [3.63, 3.8) is 0 Å². The first-order chi connectivity index (χ1) is 13.9. The third-order valence-electron chi connectivity index (χ3n) is 5.56. The van der Waals surface area contributed by atoms with Gasteiger partial charge in [0, 0.05) is 55.4 Å². The molecular weight excluding hydrogens is 346 g/mol. The number of nitrogens with zero attached hydrogens (tertiary/aromatic N) is 5. The lowest BCUT2D eigenvalue weighted by Crippen LogP contribution is -2.36. The van der Waals surface area contributed by atoms with Gasteiger partial charge in [-0.25, -0.2) is 9.97 Å². The van der Waals surface area contributed by atoms with Crippen LogP contribution in [0.1, 0.15) is 30.1 Å². The summed E-state index contributed by atoms with van der Waals surface area (Å²) in [5.41, 5.74) is 1.20. The molecule has 0 amide bonds. The standard InChI is InChI=1S/C23H23N5/c1-2-8-21-19(6-1)9-11-25-23(21)27-13-4-7-20(17-27)22-26-12-14-28(22)16-18-5-3-10-24-15-18/h1-3,5-6,8-12,14-15,20H,4,7,13,16-17H2. The maximum Gasteiger partial charge on any atom is 0.136 e. The maximum absolute atomic E-state index is 4.73. The average Bonchev–Trinajstić information content (AvgIpc) is 3.22. The number of aromatic nitrogens is 4. The van der Waals surface area contributed by atoms with E-state index in [0.717, 1.165) is 44.1 Å². The second-order valence-electron chi connectivity index (χ2n) is 7.42. The SMILES string of the molecule is c1cncc(Cn2ccnc2C2CCCN(c3nccc4ccccc34)C2)c1. The normalized spacial score (nSPS) is 17.1. The van der Waals surface area contributed by atoms with Crippen LogP contribution in [0, 0.1) is 0 Å². The van der Waals surface area contributed by atoms with Gasteiger partial charge < -0.3 is 9.47 Å². The van der Waals surface area contributed by atoms with E-state index < -0.39 is 0 Å². The quantitative estimate of drug-likeness (QED) is 0.539. The van der Waals surface area contributed by atoms with Crippen molar-refractivity contribution in [3.8, 4) is 0 Å². The number of pyridine rings is 2. The van der Waals surface area contributed by atoms with Gasteiger partial charge in [-0.15, -0.1) is 0 Å². The van der Waals surface area contributed by atoms with Gasteiger partial charge in [0.2, 0.25) is 0 Å². The molecule has 28 heavy (non-hydrogen) atoms. The van der Waals surface area contributed by atoms with Crippen molar-refractivity contribution in [3.05, 3.63) is 84.8 Å². The van der Waals surface area contributed by atoms with Crippen LogP contribution >= 0.6 is 0 Å². The van der Waals surface area contributed by atoms with Crippen molar-refractivity contribution in [2.24, 2.45) is 0 Å². The van der Waals surface area contributed by atoms with Crippen molar-refractivity contribution < 1.29 is 0 Å². The fraction of sp³-hybridized carbons (Fsp3) is 0.261. The topological polar surface area (TPSA) is 46.8 Å². The molecule has 0 saturated carbocycles. The molecular formula is C23H23N5. The van der Waals surface area contributed by atoms with E-state index in [2.05, 4.69) is 57.0 Å². The zero-order valence-corrected chi connectivity index (χ0v) is 15.8. The lowest BCUT2D eigenvalue weighted by Gasteiger charge is -2.34. The van der Waals surface area contributed by atoms with Crippen LogP contribution in [-0.4, -0.2) is 32.6 Å². The Hall–Kier alpha value is -3.21. The molecule has 4 aromatic rings. The maximum atomic E-state index is 4.73. The molecule has 5 nitrogen and oxygen atoms in total. The van der Waals surface area contributed by atoms with E-state index in [9.17, 15) is 0 Å². The Morgan fingerprint density at radius 1 is 0.964 bits per heavy atom. The first-order valence-electron chi connectivity index (χ1n) is 9.87. The summed E-state index contributed by atoms with van der Waals surface area (Å²) in [5.74, 6) is 2.66. The van der Waals surface area contributed by atoms with Crippen LogP contribution in [0.4, 0.5) is 5.82 Å². The summed E-state index contributed by atoms with van der Waals surface area (Å²) < 4.78 is 2.27. The molecule has 0 spiro atoms. The fourth-order valence-electron chi connectivity index (χ4n) is 4.24. The predicted octanol–water partition coefficient (Wildman–Crippen LogP) is 4.26. The highest BCUT2D eigenvalue weighted by molar-refractivity contribution is 5.92. The first kappa shape index (κ1) is 16.9. The lowest BCUT2D eigenvalue weighted by atomic mass is 9.96. The minimum atomic E-state index is 0.404. The van der Waals surface area contributed by atoms with Crippen LogP contribution in [0.25, 0.3) is 10.8 Å². The largest absolute Gasteiger partial charge is 0.355 e. The molecule has 5 rings (SSSR count). The third kappa shape index (κ3) is 3.24. The molecule has 1 fully saturated rings. The second kappa shape index (κ2) is 7.43. The summed E-state index contributed by atoms with van der Waals surface area (Å²) in [7, 11) is 0. The minimum Gasteiger partial charge on any atom is -0.355 e. The van der Waals surface area contributed by atoms with Crippen molar-refractivity contribution >= 4 is 16.6 Å². The number of fused-ring (bicyclic) bond motifs is 1. The van der Waals surface area contributed by atoms with E-state index in [-0.39, 0.29) is 0 Å². The molecule has 0 N–H and O–H groups in total. The third-order valence-corrected chi connectivity index (χ3v) is 5.56. The molecule has 1 saturated heterocycles. The van der Waals surface area contributed by atoms with Gasteiger partial charge in [0.05, 0.1) is 6.54 Å². The summed E-state index contributed by atoms with van der Waals surface area (Å²) in [4.78, 5) is 16.1. The Labute approximate surface area is 164 Å². The van der Waals surface area contributed by atoms with Crippen molar-refractivity contribution in [2.75, 3.05) is 18.0 Å². The number of imidazole rings is 1. The summed E-state index contributed by atoms with van der Waals surface area (Å²) in [6.45, 7) is 2.80. The Kier molecular flexibility index (Phi) is 4.49. The van der Waals surface area contributed by atoms with Gasteiger partial charge in [-0.1, -0.05) is 30.3 Å². The average molecular weight is 369 g/mol. The van der Waals surface area contributed by atoms with Gasteiger partial charge in [-0.3, -0.25) is 4.98 Å². The Bertz CT molecular complexity index is 1070. The Morgan fingerprint density at radius 2 is 1.93 bits per heavy atom. The number of anilines is 1. The van der Waals surface area contributed by atoms with Crippen molar-refractivity contribution in [2.45, 2.75) is 25.3 Å². The molecule has 1 unspecified atom stereocenters. The van der Waals surface area contributed by atoms with Gasteiger partial charge in [-0.2, -0.15) is 0 Å². The van der Waals surface area contributed by atoms with Gasteiger partial charge in [0.15, 0.2) is 0 Å². The van der Waals surface area contributed by atoms with E-state index in [1.165, 1.54) is 16.3 Å². The molecule has 5 heteroatoms. The van der Waals surface area contributed by atoms with Gasteiger partial charge in [-0.05, 0) is 35.9 Å². The Balaban J connectivity index is 1.42. The minimum absolute atomic E-state index is 0.404. The van der Waals surface area contributed by atoms with Crippen LogP contribution < -0.4 is 4.90 Å². The van der Waals surface area contributed by atoms with Crippen LogP contribution in [0.5, 0.6) is 0 Å². The molecule has 4 heterocycles. The highest BCUT2D eigenvalue weighted by atomic mass is 15.2. The zero-order valence-electron chi connectivity index (χ0n) is 15.8. The molecule has 1 aliphatic heterocycles. The molecule has 3 aromatic heterocycles. The van der Waals surface area contributed by atoms with E-state index in [1.807, 2.05) is 30.9 Å². The van der Waals surface area contributed by atoms with Crippen LogP contribution in [0.2, 0.25) is 0 Å². The van der Waals surface area contributed by atoms with Gasteiger partial charge in [0.25, 0.3) is 0 Å². The number of hydrogen-bond donors (Lipinski definition) is 0. The number of benzene rings is 1. The van der Waals surface area contributed by atoms with Crippen LogP contribution in [0.3, 0.4) is 0 Å². The molecule has 0 radical (unpaired) electrons. The van der Waals surface area contributed by atoms with E-state index in [1.54, 1.807) is 0 Å². The van der Waals surface area contributed by atoms with Crippen molar-refractivity contribution in [1.29, 1.82) is 0 Å². The number of piperidine rings is 1. The highest BCUT2D eigenvalue weighted by Crippen LogP contribution is 2.32. The Morgan fingerprint density at radius 3 is 2.86 bits per heavy atom. The number of hydrogen-bond acceptors (Lipinski definition) is 4. The first-order valence-corrected chi connectivity index (χ1v) is 9.87. The van der Waals surface area contributed by atoms with Gasteiger partial charge >= 0.3 is 0 Å². The zero-order chi connectivity index (χ0) is 18.8. The second-order valence-corrected chi connectivity index (χ2v) is 7.42. The smallest absolute Gasteiger partial charge is 0.136 e. The molecule has 1 atom stereocenters. The summed E-state index contributed by atoms with van der Waals surface area (Å²) in [5, 5.41) is 2.47. The van der Waals surface area contributed by atoms with E-state index >= 15 is 0 Å². The highest BCUT2D eigenvalue weighted by Gasteiger charge is 2.26. The molecule has 0 bridgehead atoms. The van der Waals surface area contributed by atoms with E-state index in [0.29, 0.717) is 5.92 Å². The molecule has 0 aliphatic carbocycles. The van der Waals surface area contributed by atoms with Crippen LogP contribution in [-0.2, 0) is 6.54 Å². The summed E-state index contributed by atoms with van der Waals surface area (Å²) >= 11 is 0. The van der Waals surface area contributed by atoms with E-state index in [4.69, 9.17) is 9.97 Å². The number of rotatable bonds is 4. The van der Waals surface area contributed by atoms with Crippen LogP contribution in [0.15, 0.2) is 73.4 Å². The molecule has 1 aromatic carbocycles. The molecule has 1 aliphatic rings. The molecule has 140 valence electrons. The lowest BCUT2D eigenvalue weighted by molar-refractivity contribution is 0.475. The fourth-order valence-corrected chi connectivity index (χ4v) is 4.24. The summed E-state index contributed by atoms with van der Waals surface area (Å²) in [6.07, 6.45) is 12.0. The van der Waals surface area contributed by atoms with Gasteiger partial charge in [0.1, 0.15) is 11.6 Å². The predicted molar refractivity (Wildman–Crippen MR) is 111 cm³/mol. The summed E-state index contributed by atoms with van der Waals surface area (Å²) in [6, 6.07) is 14.7. The van der Waals surface area contributed by atoms with Crippen molar-refractivity contribution in [1.82, 2.24) is 19.5 Å².